The van der Waals surface area contributed by atoms with Crippen molar-refractivity contribution in [1.29, 1.82) is 0 Å². The van der Waals surface area contributed by atoms with Crippen molar-refractivity contribution in [3.63, 3.8) is 0 Å². The van der Waals surface area contributed by atoms with Gasteiger partial charge in [0.25, 0.3) is 10.0 Å². The van der Waals surface area contributed by atoms with Crippen LogP contribution in [-0.4, -0.2) is 43.8 Å². The summed E-state index contributed by atoms with van der Waals surface area (Å²) in [5.74, 6) is -0.853. The van der Waals surface area contributed by atoms with Crippen molar-refractivity contribution >= 4 is 55.1 Å². The Morgan fingerprint density at radius 1 is 0.974 bits per heavy atom. The highest BCUT2D eigenvalue weighted by Gasteiger charge is 2.33. The number of carbonyl (C=O) groups is 2. The van der Waals surface area contributed by atoms with Crippen LogP contribution in [0, 0.1) is 6.92 Å². The van der Waals surface area contributed by atoms with E-state index in [1.165, 1.54) is 17.0 Å². The molecule has 0 bridgehead atoms. The summed E-state index contributed by atoms with van der Waals surface area (Å²) in [5, 5.41) is 3.29. The molecule has 0 heterocycles. The number of amides is 2. The van der Waals surface area contributed by atoms with Gasteiger partial charge in [-0.1, -0.05) is 57.9 Å². The predicted molar refractivity (Wildman–Crippen MR) is 155 cm³/mol. The third kappa shape index (κ3) is 7.36. The van der Waals surface area contributed by atoms with Gasteiger partial charge in [0.1, 0.15) is 12.6 Å². The van der Waals surface area contributed by atoms with Crippen LogP contribution in [0.2, 0.25) is 5.02 Å². The summed E-state index contributed by atoms with van der Waals surface area (Å²) in [6.07, 6.45) is 0. The largest absolute Gasteiger partial charge is 0.352 e. The average Bonchev–Trinajstić information content (AvgIpc) is 2.86. The maximum absolute atomic E-state index is 13.9. The van der Waals surface area contributed by atoms with Gasteiger partial charge in [0.05, 0.1) is 10.6 Å². The van der Waals surface area contributed by atoms with Crippen molar-refractivity contribution in [2.24, 2.45) is 0 Å². The molecule has 38 heavy (non-hydrogen) atoms. The van der Waals surface area contributed by atoms with Crippen LogP contribution in [0.3, 0.4) is 0 Å². The molecule has 0 saturated carbocycles. The monoisotopic (exact) mass is 619 g/mol. The van der Waals surface area contributed by atoms with E-state index >= 15 is 0 Å². The van der Waals surface area contributed by atoms with Crippen LogP contribution < -0.4 is 9.62 Å². The molecule has 0 aromatic heterocycles. The Bertz CT molecular complexity index is 1400. The smallest absolute Gasteiger partial charge is 0.264 e. The maximum atomic E-state index is 13.9. The first kappa shape index (κ1) is 29.7. The Balaban J connectivity index is 2.06. The summed E-state index contributed by atoms with van der Waals surface area (Å²) >= 11 is 9.58. The number of sulfonamides is 1. The molecule has 3 aromatic rings. The first-order valence-corrected chi connectivity index (χ1v) is 14.7. The standard InChI is InChI=1S/C28H31BrClN3O4S/c1-19(2)31-28(35)21(4)32(17-22-9-8-10-23(29)16-22)27(34)18-33(26-14-13-24(30)15-20(26)3)38(36,37)25-11-6-5-7-12-25/h5-16,19,21H,17-18H2,1-4H3,(H,31,35)/t21-/m0/s1. The van der Waals surface area contributed by atoms with Gasteiger partial charge in [-0.25, -0.2) is 8.42 Å². The Morgan fingerprint density at radius 2 is 1.66 bits per heavy atom. The Morgan fingerprint density at radius 3 is 2.26 bits per heavy atom. The zero-order valence-corrected chi connectivity index (χ0v) is 24.8. The van der Waals surface area contributed by atoms with Gasteiger partial charge < -0.3 is 10.2 Å². The molecule has 1 N–H and O–H groups in total. The minimum Gasteiger partial charge on any atom is -0.352 e. The van der Waals surface area contributed by atoms with Crippen molar-refractivity contribution in [1.82, 2.24) is 10.2 Å². The zero-order valence-electron chi connectivity index (χ0n) is 21.7. The molecule has 0 aliphatic carbocycles. The lowest BCUT2D eigenvalue weighted by molar-refractivity contribution is -0.139. The fourth-order valence-electron chi connectivity index (χ4n) is 3.95. The molecule has 3 aromatic carbocycles. The lowest BCUT2D eigenvalue weighted by Gasteiger charge is -2.32. The quantitative estimate of drug-likeness (QED) is 0.322. The van der Waals surface area contributed by atoms with E-state index in [2.05, 4.69) is 21.2 Å². The molecule has 0 aliphatic heterocycles. The molecular weight excluding hydrogens is 590 g/mol. The third-order valence-corrected chi connectivity index (χ3v) is 8.38. The van der Waals surface area contributed by atoms with E-state index in [1.807, 2.05) is 38.1 Å². The Hall–Kier alpha value is -2.88. The lowest BCUT2D eigenvalue weighted by Crippen LogP contribution is -2.52. The molecule has 0 aliphatic rings. The number of nitrogens with zero attached hydrogens (tertiary/aromatic N) is 2. The molecule has 7 nitrogen and oxygen atoms in total. The number of rotatable bonds is 10. The van der Waals surface area contributed by atoms with Crippen molar-refractivity contribution < 1.29 is 18.0 Å². The Labute approximate surface area is 238 Å². The van der Waals surface area contributed by atoms with E-state index < -0.39 is 28.5 Å². The molecule has 0 fully saturated rings. The zero-order chi connectivity index (χ0) is 28.0. The van der Waals surface area contributed by atoms with Crippen LogP contribution in [0.15, 0.2) is 82.2 Å². The molecule has 1 atom stereocenters. The molecule has 202 valence electrons. The van der Waals surface area contributed by atoms with E-state index in [9.17, 15) is 18.0 Å². The highest BCUT2D eigenvalue weighted by Crippen LogP contribution is 2.29. The summed E-state index contributed by atoms with van der Waals surface area (Å²) in [5.41, 5.74) is 1.71. The number of anilines is 1. The van der Waals surface area contributed by atoms with E-state index in [0.717, 1.165) is 14.3 Å². The normalized spacial score (nSPS) is 12.2. The third-order valence-electron chi connectivity index (χ3n) is 5.88. The lowest BCUT2D eigenvalue weighted by atomic mass is 10.1. The summed E-state index contributed by atoms with van der Waals surface area (Å²) in [6, 6.07) is 19.2. The van der Waals surface area contributed by atoms with Gasteiger partial charge in [0.15, 0.2) is 0 Å². The van der Waals surface area contributed by atoms with Crippen molar-refractivity contribution in [3.05, 3.63) is 93.4 Å². The fourth-order valence-corrected chi connectivity index (χ4v) is 6.12. The molecule has 0 saturated heterocycles. The fraction of sp³-hybridized carbons (Fsp3) is 0.286. The van der Waals surface area contributed by atoms with Gasteiger partial charge >= 0.3 is 0 Å². The second-order valence-electron chi connectivity index (χ2n) is 9.25. The highest BCUT2D eigenvalue weighted by molar-refractivity contribution is 9.10. The topological polar surface area (TPSA) is 86.8 Å². The predicted octanol–water partition coefficient (Wildman–Crippen LogP) is 5.55. The van der Waals surface area contributed by atoms with Gasteiger partial charge in [-0.3, -0.25) is 13.9 Å². The van der Waals surface area contributed by atoms with Crippen molar-refractivity contribution in [2.75, 3.05) is 10.8 Å². The summed E-state index contributed by atoms with van der Waals surface area (Å²) in [6.45, 7) is 6.65. The van der Waals surface area contributed by atoms with Crippen LogP contribution in [0.25, 0.3) is 0 Å². The average molecular weight is 621 g/mol. The van der Waals surface area contributed by atoms with E-state index in [0.29, 0.717) is 16.3 Å². The number of carbonyl (C=O) groups excluding carboxylic acids is 2. The molecule has 10 heteroatoms. The minimum atomic E-state index is -4.13. The summed E-state index contributed by atoms with van der Waals surface area (Å²) in [7, 11) is -4.13. The van der Waals surface area contributed by atoms with E-state index in [1.54, 1.807) is 50.2 Å². The molecule has 0 spiro atoms. The second kappa shape index (κ2) is 12.8. The van der Waals surface area contributed by atoms with Gasteiger partial charge in [-0.05, 0) is 81.3 Å². The van der Waals surface area contributed by atoms with Crippen LogP contribution in [0.4, 0.5) is 5.69 Å². The highest BCUT2D eigenvalue weighted by atomic mass is 79.9. The van der Waals surface area contributed by atoms with Crippen LogP contribution in [-0.2, 0) is 26.2 Å². The van der Waals surface area contributed by atoms with Gasteiger partial charge in [-0.15, -0.1) is 0 Å². The van der Waals surface area contributed by atoms with Crippen LogP contribution in [0.1, 0.15) is 31.9 Å². The number of hydrogen-bond acceptors (Lipinski definition) is 4. The number of hydrogen-bond donors (Lipinski definition) is 1. The molecular formula is C28H31BrClN3O4S. The summed E-state index contributed by atoms with van der Waals surface area (Å²) < 4.78 is 29.5. The molecule has 2 amide bonds. The number of benzene rings is 3. The van der Waals surface area contributed by atoms with E-state index in [4.69, 9.17) is 11.6 Å². The van der Waals surface area contributed by atoms with Gasteiger partial charge in [-0.2, -0.15) is 0 Å². The summed E-state index contributed by atoms with van der Waals surface area (Å²) in [4.78, 5) is 28.3. The minimum absolute atomic E-state index is 0.0475. The van der Waals surface area contributed by atoms with E-state index in [-0.39, 0.29) is 23.4 Å². The molecule has 0 unspecified atom stereocenters. The van der Waals surface area contributed by atoms with Gasteiger partial charge in [0.2, 0.25) is 11.8 Å². The first-order valence-electron chi connectivity index (χ1n) is 12.1. The first-order chi connectivity index (χ1) is 17.9. The SMILES string of the molecule is Cc1cc(Cl)ccc1N(CC(=O)N(Cc1cccc(Br)c1)[C@@H](C)C(=O)NC(C)C)S(=O)(=O)c1ccccc1. The number of nitrogens with one attached hydrogen (secondary N) is 1. The van der Waals surface area contributed by atoms with Crippen molar-refractivity contribution in [3.8, 4) is 0 Å². The maximum Gasteiger partial charge on any atom is 0.264 e. The number of aryl methyl sites for hydroxylation is 1. The molecule has 3 rings (SSSR count). The molecule has 0 radical (unpaired) electrons. The van der Waals surface area contributed by atoms with Gasteiger partial charge in [0, 0.05) is 22.1 Å². The number of halogens is 2. The van der Waals surface area contributed by atoms with Crippen molar-refractivity contribution in [2.45, 2.75) is 51.2 Å². The van der Waals surface area contributed by atoms with Crippen LogP contribution in [0.5, 0.6) is 0 Å². The van der Waals surface area contributed by atoms with Crippen LogP contribution >= 0.6 is 27.5 Å². The second-order valence-corrected chi connectivity index (χ2v) is 12.5. The Kier molecular flexibility index (Phi) is 9.98.